The van der Waals surface area contributed by atoms with Crippen LogP contribution in [-0.4, -0.2) is 11.4 Å². The lowest BCUT2D eigenvalue weighted by Crippen LogP contribution is -1.93. The second-order valence-electron chi connectivity index (χ2n) is 2.41. The Morgan fingerprint density at radius 1 is 1.55 bits per heavy atom. The van der Waals surface area contributed by atoms with E-state index in [0.29, 0.717) is 5.56 Å². The van der Waals surface area contributed by atoms with Gasteiger partial charge in [0, 0.05) is 5.56 Å². The van der Waals surface area contributed by atoms with Crippen molar-refractivity contribution >= 4 is 6.29 Å². The van der Waals surface area contributed by atoms with Gasteiger partial charge in [0.05, 0.1) is 6.61 Å². The monoisotopic (exact) mass is 150 g/mol. The summed E-state index contributed by atoms with van der Waals surface area (Å²) in [5.41, 5.74) is 2.33. The van der Waals surface area contributed by atoms with Crippen molar-refractivity contribution in [3.05, 3.63) is 34.9 Å². The molecule has 11 heavy (non-hydrogen) atoms. The summed E-state index contributed by atoms with van der Waals surface area (Å²) in [7, 11) is 0. The molecule has 1 aromatic rings. The summed E-state index contributed by atoms with van der Waals surface area (Å²) in [6.45, 7) is 1.82. The van der Waals surface area contributed by atoms with E-state index in [9.17, 15) is 4.79 Å². The highest BCUT2D eigenvalue weighted by Gasteiger charge is 2.00. The summed E-state index contributed by atoms with van der Waals surface area (Å²) in [5, 5.41) is 8.82. The first-order chi connectivity index (χ1) is 5.29. The van der Waals surface area contributed by atoms with Crippen LogP contribution in [0.2, 0.25) is 0 Å². The standard InChI is InChI=1S/C9H10O2/c1-7-8(5-10)3-2-4-9(7)6-11/h2-5,11H,6H2,1H3. The Bertz CT molecular complexity index is 266. The lowest BCUT2D eigenvalue weighted by molar-refractivity contribution is 0.112. The molecule has 0 aliphatic carbocycles. The van der Waals surface area contributed by atoms with Gasteiger partial charge in [-0.1, -0.05) is 18.2 Å². The lowest BCUT2D eigenvalue weighted by atomic mass is 10.0. The van der Waals surface area contributed by atoms with Gasteiger partial charge >= 0.3 is 0 Å². The summed E-state index contributed by atoms with van der Waals surface area (Å²) in [6.07, 6.45) is 0.800. The first-order valence-corrected chi connectivity index (χ1v) is 3.44. The number of aliphatic hydroxyl groups excluding tert-OH is 1. The predicted molar refractivity (Wildman–Crippen MR) is 42.5 cm³/mol. The average molecular weight is 150 g/mol. The molecule has 0 saturated heterocycles. The summed E-state index contributed by atoms with van der Waals surface area (Å²) in [6, 6.07) is 5.31. The Hall–Kier alpha value is -1.15. The van der Waals surface area contributed by atoms with E-state index >= 15 is 0 Å². The molecular weight excluding hydrogens is 140 g/mol. The smallest absolute Gasteiger partial charge is 0.150 e. The molecule has 0 spiro atoms. The molecular formula is C9H10O2. The molecule has 0 heterocycles. The Morgan fingerprint density at radius 3 is 2.82 bits per heavy atom. The van der Waals surface area contributed by atoms with E-state index in [4.69, 9.17) is 5.11 Å². The zero-order valence-corrected chi connectivity index (χ0v) is 6.37. The van der Waals surface area contributed by atoms with Gasteiger partial charge in [0.15, 0.2) is 0 Å². The van der Waals surface area contributed by atoms with Crippen molar-refractivity contribution in [1.82, 2.24) is 0 Å². The lowest BCUT2D eigenvalue weighted by Gasteiger charge is -2.02. The Morgan fingerprint density at radius 2 is 2.27 bits per heavy atom. The van der Waals surface area contributed by atoms with Gasteiger partial charge in [-0.05, 0) is 18.1 Å². The third-order valence-corrected chi connectivity index (χ3v) is 1.79. The number of aliphatic hydroxyl groups is 1. The van der Waals surface area contributed by atoms with Crippen molar-refractivity contribution in [2.75, 3.05) is 0 Å². The fourth-order valence-corrected chi connectivity index (χ4v) is 1.00. The highest BCUT2D eigenvalue weighted by atomic mass is 16.3. The van der Waals surface area contributed by atoms with E-state index in [-0.39, 0.29) is 6.61 Å². The van der Waals surface area contributed by atoms with E-state index in [1.807, 2.05) is 13.0 Å². The van der Waals surface area contributed by atoms with Gasteiger partial charge in [-0.25, -0.2) is 0 Å². The van der Waals surface area contributed by atoms with Gasteiger partial charge in [0.25, 0.3) is 0 Å². The SMILES string of the molecule is Cc1c(C=O)cccc1CO. The first kappa shape index (κ1) is 7.95. The molecule has 1 rings (SSSR count). The van der Waals surface area contributed by atoms with Crippen LogP contribution in [0.4, 0.5) is 0 Å². The second kappa shape index (κ2) is 3.30. The Labute approximate surface area is 65.5 Å². The quantitative estimate of drug-likeness (QED) is 0.645. The molecule has 0 bridgehead atoms. The Kier molecular flexibility index (Phi) is 2.39. The maximum absolute atomic E-state index is 10.4. The molecule has 2 nitrogen and oxygen atoms in total. The number of aldehydes is 1. The zero-order valence-electron chi connectivity index (χ0n) is 6.37. The average Bonchev–Trinajstić information content (AvgIpc) is 2.05. The molecule has 58 valence electrons. The summed E-state index contributed by atoms with van der Waals surface area (Å²) in [4.78, 5) is 10.4. The molecule has 1 aromatic carbocycles. The molecule has 0 saturated carbocycles. The number of hydrogen-bond donors (Lipinski definition) is 1. The van der Waals surface area contributed by atoms with Crippen LogP contribution in [0.3, 0.4) is 0 Å². The molecule has 2 heteroatoms. The van der Waals surface area contributed by atoms with Gasteiger partial charge in [-0.3, -0.25) is 4.79 Å². The van der Waals surface area contributed by atoms with Gasteiger partial charge in [-0.15, -0.1) is 0 Å². The summed E-state index contributed by atoms with van der Waals surface area (Å²) < 4.78 is 0. The highest BCUT2D eigenvalue weighted by molar-refractivity contribution is 5.77. The summed E-state index contributed by atoms with van der Waals surface area (Å²) in [5.74, 6) is 0. The number of carbonyl (C=O) groups is 1. The highest BCUT2D eigenvalue weighted by Crippen LogP contribution is 2.11. The minimum absolute atomic E-state index is 0.00644. The number of carbonyl (C=O) groups excluding carboxylic acids is 1. The van der Waals surface area contributed by atoms with Gasteiger partial charge < -0.3 is 5.11 Å². The number of hydrogen-bond acceptors (Lipinski definition) is 2. The molecule has 0 unspecified atom stereocenters. The third kappa shape index (κ3) is 1.46. The van der Waals surface area contributed by atoms with Crippen molar-refractivity contribution in [3.8, 4) is 0 Å². The molecule has 1 N–H and O–H groups in total. The van der Waals surface area contributed by atoms with Crippen LogP contribution in [-0.2, 0) is 6.61 Å². The van der Waals surface area contributed by atoms with E-state index in [1.165, 1.54) is 0 Å². The molecule has 0 fully saturated rings. The van der Waals surface area contributed by atoms with Crippen LogP contribution in [0.5, 0.6) is 0 Å². The number of benzene rings is 1. The topological polar surface area (TPSA) is 37.3 Å². The van der Waals surface area contributed by atoms with Gasteiger partial charge in [-0.2, -0.15) is 0 Å². The maximum Gasteiger partial charge on any atom is 0.150 e. The summed E-state index contributed by atoms with van der Waals surface area (Å²) >= 11 is 0. The molecule has 0 aliphatic rings. The van der Waals surface area contributed by atoms with Crippen LogP contribution in [0, 0.1) is 6.92 Å². The fraction of sp³-hybridized carbons (Fsp3) is 0.222. The van der Waals surface area contributed by atoms with Gasteiger partial charge in [0.2, 0.25) is 0 Å². The molecule has 0 atom stereocenters. The fourth-order valence-electron chi connectivity index (χ4n) is 1.00. The van der Waals surface area contributed by atoms with E-state index in [0.717, 1.165) is 17.4 Å². The van der Waals surface area contributed by atoms with Crippen molar-refractivity contribution in [2.45, 2.75) is 13.5 Å². The van der Waals surface area contributed by atoms with Crippen LogP contribution in [0.25, 0.3) is 0 Å². The predicted octanol–water partition coefficient (Wildman–Crippen LogP) is 1.30. The maximum atomic E-state index is 10.4. The third-order valence-electron chi connectivity index (χ3n) is 1.79. The van der Waals surface area contributed by atoms with E-state index in [2.05, 4.69) is 0 Å². The minimum Gasteiger partial charge on any atom is -0.392 e. The van der Waals surface area contributed by atoms with Crippen LogP contribution < -0.4 is 0 Å². The second-order valence-corrected chi connectivity index (χ2v) is 2.41. The van der Waals surface area contributed by atoms with Gasteiger partial charge in [0.1, 0.15) is 6.29 Å². The van der Waals surface area contributed by atoms with Crippen LogP contribution in [0.15, 0.2) is 18.2 Å². The molecule has 0 radical (unpaired) electrons. The van der Waals surface area contributed by atoms with E-state index in [1.54, 1.807) is 12.1 Å². The normalized spacial score (nSPS) is 9.64. The van der Waals surface area contributed by atoms with Crippen molar-refractivity contribution in [1.29, 1.82) is 0 Å². The minimum atomic E-state index is -0.00644. The molecule has 0 aliphatic heterocycles. The Balaban J connectivity index is 3.20. The van der Waals surface area contributed by atoms with Crippen molar-refractivity contribution < 1.29 is 9.90 Å². The number of rotatable bonds is 2. The van der Waals surface area contributed by atoms with Crippen molar-refractivity contribution in [3.63, 3.8) is 0 Å². The first-order valence-electron chi connectivity index (χ1n) is 3.44. The van der Waals surface area contributed by atoms with Crippen LogP contribution in [0.1, 0.15) is 21.5 Å². The molecule has 0 aromatic heterocycles. The largest absolute Gasteiger partial charge is 0.392 e. The molecule has 0 amide bonds. The van der Waals surface area contributed by atoms with Crippen LogP contribution >= 0.6 is 0 Å². The van der Waals surface area contributed by atoms with Crippen molar-refractivity contribution in [2.24, 2.45) is 0 Å². The van der Waals surface area contributed by atoms with E-state index < -0.39 is 0 Å². The zero-order chi connectivity index (χ0) is 8.27.